The predicted octanol–water partition coefficient (Wildman–Crippen LogP) is 1.72. The Bertz CT molecular complexity index is 377. The molecule has 0 atom stereocenters. The minimum Gasteiger partial charge on any atom is -0.396 e. The quantitative estimate of drug-likeness (QED) is 0.472. The summed E-state index contributed by atoms with van der Waals surface area (Å²) in [6.45, 7) is 1.01. The molecule has 1 heterocycles. The van der Waals surface area contributed by atoms with Crippen molar-refractivity contribution >= 4 is 11.6 Å². The first-order chi connectivity index (χ1) is 8.78. The molecular formula is C13H22N4O. The van der Waals surface area contributed by atoms with E-state index in [1.807, 2.05) is 18.2 Å². The molecule has 0 bridgehead atoms. The van der Waals surface area contributed by atoms with Crippen molar-refractivity contribution in [2.45, 2.75) is 32.1 Å². The summed E-state index contributed by atoms with van der Waals surface area (Å²) < 4.78 is 0. The molecular weight excluding hydrogens is 228 g/mol. The van der Waals surface area contributed by atoms with Crippen LogP contribution < -0.4 is 16.6 Å². The first-order valence-electron chi connectivity index (χ1n) is 6.56. The number of aliphatic hydroxyl groups excluding tert-OH is 1. The number of rotatable bonds is 5. The largest absolute Gasteiger partial charge is 0.396 e. The molecule has 0 spiro atoms. The van der Waals surface area contributed by atoms with E-state index in [0.29, 0.717) is 5.82 Å². The van der Waals surface area contributed by atoms with E-state index in [0.717, 1.165) is 25.2 Å². The zero-order valence-electron chi connectivity index (χ0n) is 10.7. The van der Waals surface area contributed by atoms with Gasteiger partial charge in [-0.3, -0.25) is 0 Å². The predicted molar refractivity (Wildman–Crippen MR) is 73.1 cm³/mol. The lowest BCUT2D eigenvalue weighted by Crippen LogP contribution is -2.35. The molecule has 0 amide bonds. The van der Waals surface area contributed by atoms with Crippen LogP contribution >= 0.6 is 0 Å². The summed E-state index contributed by atoms with van der Waals surface area (Å²) >= 11 is 0. The van der Waals surface area contributed by atoms with E-state index in [1.165, 1.54) is 19.3 Å². The molecule has 2 rings (SSSR count). The summed E-state index contributed by atoms with van der Waals surface area (Å²) in [7, 11) is 0. The molecule has 5 N–H and O–H groups in total. The third kappa shape index (κ3) is 3.11. The Morgan fingerprint density at radius 2 is 1.94 bits per heavy atom. The number of nitrogens with one attached hydrogen (secondary N) is 2. The van der Waals surface area contributed by atoms with Gasteiger partial charge in [0.25, 0.3) is 0 Å². The summed E-state index contributed by atoms with van der Waals surface area (Å²) in [4.78, 5) is 4.31. The van der Waals surface area contributed by atoms with Crippen LogP contribution in [-0.2, 0) is 0 Å². The second kappa shape index (κ2) is 6.02. The van der Waals surface area contributed by atoms with Crippen LogP contribution in [0.15, 0.2) is 18.2 Å². The second-order valence-corrected chi connectivity index (χ2v) is 5.12. The number of pyridine rings is 1. The van der Waals surface area contributed by atoms with Crippen LogP contribution in [0.1, 0.15) is 32.1 Å². The lowest BCUT2D eigenvalue weighted by atomic mass is 9.74. The molecule has 1 saturated carbocycles. The Hall–Kier alpha value is -1.33. The van der Waals surface area contributed by atoms with E-state index in [-0.39, 0.29) is 12.0 Å². The smallest absolute Gasteiger partial charge is 0.142 e. The van der Waals surface area contributed by atoms with Crippen molar-refractivity contribution in [2.75, 3.05) is 23.9 Å². The molecule has 0 aromatic carbocycles. The Balaban J connectivity index is 1.96. The molecule has 0 unspecified atom stereocenters. The molecule has 1 aliphatic rings. The second-order valence-electron chi connectivity index (χ2n) is 5.12. The third-order valence-corrected chi connectivity index (χ3v) is 3.79. The Morgan fingerprint density at radius 1 is 1.22 bits per heavy atom. The van der Waals surface area contributed by atoms with Gasteiger partial charge in [-0.2, -0.15) is 0 Å². The van der Waals surface area contributed by atoms with Gasteiger partial charge in [-0.25, -0.2) is 10.8 Å². The van der Waals surface area contributed by atoms with Gasteiger partial charge in [0.05, 0.1) is 6.61 Å². The topological polar surface area (TPSA) is 83.2 Å². The van der Waals surface area contributed by atoms with E-state index < -0.39 is 0 Å². The fourth-order valence-corrected chi connectivity index (χ4v) is 2.58. The number of nitrogens with zero attached hydrogens (tertiary/aromatic N) is 1. The maximum Gasteiger partial charge on any atom is 0.142 e. The average Bonchev–Trinajstić information content (AvgIpc) is 2.46. The van der Waals surface area contributed by atoms with Crippen molar-refractivity contribution < 1.29 is 5.11 Å². The summed E-state index contributed by atoms with van der Waals surface area (Å²) in [6, 6.07) is 5.62. The normalized spacial score (nSPS) is 18.3. The number of nitrogen functional groups attached to an aromatic ring is 1. The molecule has 5 nitrogen and oxygen atoms in total. The summed E-state index contributed by atoms with van der Waals surface area (Å²) in [5.41, 5.74) is 2.55. The lowest BCUT2D eigenvalue weighted by molar-refractivity contribution is 0.0943. The first kappa shape index (κ1) is 13.1. The van der Waals surface area contributed by atoms with Crippen molar-refractivity contribution in [3.63, 3.8) is 0 Å². The molecule has 5 heteroatoms. The molecule has 1 aromatic rings. The van der Waals surface area contributed by atoms with Crippen LogP contribution in [0.4, 0.5) is 11.6 Å². The maximum atomic E-state index is 9.63. The maximum absolute atomic E-state index is 9.63. The highest BCUT2D eigenvalue weighted by Gasteiger charge is 2.31. The van der Waals surface area contributed by atoms with Gasteiger partial charge in [0.2, 0.25) is 0 Å². The van der Waals surface area contributed by atoms with Crippen molar-refractivity contribution in [2.24, 2.45) is 11.3 Å². The van der Waals surface area contributed by atoms with Gasteiger partial charge < -0.3 is 15.8 Å². The van der Waals surface area contributed by atoms with Crippen LogP contribution in [0.3, 0.4) is 0 Å². The minimum absolute atomic E-state index is 0.0199. The Morgan fingerprint density at radius 3 is 2.61 bits per heavy atom. The fourth-order valence-electron chi connectivity index (χ4n) is 2.58. The zero-order chi connectivity index (χ0) is 12.8. The van der Waals surface area contributed by atoms with Crippen molar-refractivity contribution in [1.29, 1.82) is 0 Å². The third-order valence-electron chi connectivity index (χ3n) is 3.79. The van der Waals surface area contributed by atoms with Crippen LogP contribution in [-0.4, -0.2) is 23.2 Å². The molecule has 100 valence electrons. The highest BCUT2D eigenvalue weighted by atomic mass is 16.3. The van der Waals surface area contributed by atoms with Gasteiger partial charge >= 0.3 is 0 Å². The van der Waals surface area contributed by atoms with Crippen LogP contribution in [0.5, 0.6) is 0 Å². The summed E-state index contributed by atoms with van der Waals surface area (Å²) in [5, 5.41) is 12.9. The summed E-state index contributed by atoms with van der Waals surface area (Å²) in [6.07, 6.45) is 5.88. The standard InChI is InChI=1S/C13H22N4O/c14-17-12-6-4-5-11(16-12)15-9-13(10-18)7-2-1-3-8-13/h4-6,18H,1-3,7-10,14H2,(H2,15,16,17). The van der Waals surface area contributed by atoms with E-state index in [4.69, 9.17) is 5.84 Å². The minimum atomic E-state index is 0.0199. The molecule has 1 aromatic heterocycles. The number of aliphatic hydroxyl groups is 1. The Kier molecular flexibility index (Phi) is 4.38. The van der Waals surface area contributed by atoms with Crippen molar-refractivity contribution in [1.82, 2.24) is 4.98 Å². The van der Waals surface area contributed by atoms with E-state index in [9.17, 15) is 5.11 Å². The van der Waals surface area contributed by atoms with Crippen molar-refractivity contribution in [3.05, 3.63) is 18.2 Å². The number of nitrogens with two attached hydrogens (primary N) is 1. The molecule has 18 heavy (non-hydrogen) atoms. The van der Waals surface area contributed by atoms with Crippen LogP contribution in [0.2, 0.25) is 0 Å². The number of aromatic nitrogens is 1. The molecule has 0 aliphatic heterocycles. The van der Waals surface area contributed by atoms with Gasteiger partial charge in [0.1, 0.15) is 11.6 Å². The van der Waals surface area contributed by atoms with Gasteiger partial charge in [-0.1, -0.05) is 25.3 Å². The first-order valence-corrected chi connectivity index (χ1v) is 6.56. The number of anilines is 2. The van der Waals surface area contributed by atoms with E-state index in [2.05, 4.69) is 15.7 Å². The number of hydrogen-bond donors (Lipinski definition) is 4. The SMILES string of the molecule is NNc1cccc(NCC2(CO)CCCCC2)n1. The molecule has 1 aliphatic carbocycles. The van der Waals surface area contributed by atoms with Crippen LogP contribution in [0, 0.1) is 5.41 Å². The van der Waals surface area contributed by atoms with E-state index >= 15 is 0 Å². The van der Waals surface area contributed by atoms with Gasteiger partial charge in [-0.15, -0.1) is 0 Å². The van der Waals surface area contributed by atoms with Crippen molar-refractivity contribution in [3.8, 4) is 0 Å². The number of hydrazine groups is 1. The fraction of sp³-hybridized carbons (Fsp3) is 0.615. The average molecular weight is 250 g/mol. The monoisotopic (exact) mass is 250 g/mol. The number of hydrogen-bond acceptors (Lipinski definition) is 5. The highest BCUT2D eigenvalue weighted by Crippen LogP contribution is 2.35. The van der Waals surface area contributed by atoms with Crippen LogP contribution in [0.25, 0.3) is 0 Å². The molecule has 0 saturated heterocycles. The van der Waals surface area contributed by atoms with Gasteiger partial charge in [0, 0.05) is 12.0 Å². The lowest BCUT2D eigenvalue weighted by Gasteiger charge is -2.35. The zero-order valence-corrected chi connectivity index (χ0v) is 10.7. The molecule has 1 fully saturated rings. The molecule has 0 radical (unpaired) electrons. The van der Waals surface area contributed by atoms with E-state index in [1.54, 1.807) is 0 Å². The Labute approximate surface area is 108 Å². The van der Waals surface area contributed by atoms with Gasteiger partial charge in [-0.05, 0) is 25.0 Å². The highest BCUT2D eigenvalue weighted by molar-refractivity contribution is 5.44. The summed E-state index contributed by atoms with van der Waals surface area (Å²) in [5.74, 6) is 6.77. The van der Waals surface area contributed by atoms with Gasteiger partial charge in [0.15, 0.2) is 0 Å².